The minimum atomic E-state index is -0.517. The van der Waals surface area contributed by atoms with E-state index in [1.807, 2.05) is 0 Å². The quantitative estimate of drug-likeness (QED) is 0.548. The van der Waals surface area contributed by atoms with Crippen molar-refractivity contribution in [3.05, 3.63) is 23.5 Å². The van der Waals surface area contributed by atoms with Gasteiger partial charge in [-0.15, -0.1) is 0 Å². The first-order valence-corrected chi connectivity index (χ1v) is 13.9. The van der Waals surface area contributed by atoms with Gasteiger partial charge in [0.05, 0.1) is 16.9 Å². The van der Waals surface area contributed by atoms with Crippen molar-refractivity contribution in [2.45, 2.75) is 78.6 Å². The van der Waals surface area contributed by atoms with E-state index in [4.69, 9.17) is 11.6 Å². The van der Waals surface area contributed by atoms with Crippen molar-refractivity contribution in [3.8, 4) is 0 Å². The monoisotopic (exact) mass is 512 g/mol. The van der Waals surface area contributed by atoms with Gasteiger partial charge in [-0.3, -0.25) is 24.2 Å². The van der Waals surface area contributed by atoms with E-state index < -0.39 is 5.41 Å². The normalized spacial score (nSPS) is 38.7. The van der Waals surface area contributed by atoms with Gasteiger partial charge in [-0.05, 0) is 66.8 Å². The van der Waals surface area contributed by atoms with Gasteiger partial charge >= 0.3 is 0 Å². The van der Waals surface area contributed by atoms with Crippen LogP contribution in [0.5, 0.6) is 0 Å². The molecule has 0 aromatic carbocycles. The largest absolute Gasteiger partial charge is 0.325 e. The SMILES string of the molecule is CC(CCC(=O)Nc1cncc(Cl)c1)C1CCC2C3C(=O)CC4CC(=O)CCC4(C)C3CC(=O)C12C. The van der Waals surface area contributed by atoms with E-state index >= 15 is 0 Å². The highest BCUT2D eigenvalue weighted by Gasteiger charge is 2.66. The molecule has 1 aromatic rings. The van der Waals surface area contributed by atoms with Crippen molar-refractivity contribution in [1.82, 2.24) is 4.98 Å². The molecule has 194 valence electrons. The minimum Gasteiger partial charge on any atom is -0.325 e. The standard InChI is InChI=1S/C29H37ClN2O4/c1-16(4-7-26(36)32-19-12-18(30)14-31-15-19)21-5-6-22-27-23(13-25(35)29(21,22)3)28(2)9-8-20(33)10-17(28)11-24(27)34/h12,14-17,21-23,27H,4-11,13H2,1-3H3,(H,32,36). The third-order valence-electron chi connectivity index (χ3n) is 10.7. The number of aromatic nitrogens is 1. The number of carbonyl (C=O) groups is 4. The summed E-state index contributed by atoms with van der Waals surface area (Å²) in [7, 11) is 0. The van der Waals surface area contributed by atoms with Crippen LogP contribution in [-0.4, -0.2) is 28.2 Å². The Balaban J connectivity index is 1.29. The molecule has 4 fully saturated rings. The molecule has 8 unspecified atom stereocenters. The molecule has 0 radical (unpaired) electrons. The fourth-order valence-corrected chi connectivity index (χ4v) is 8.83. The summed E-state index contributed by atoms with van der Waals surface area (Å²) in [5, 5.41) is 3.33. The number of rotatable bonds is 5. The van der Waals surface area contributed by atoms with E-state index in [0.717, 1.165) is 19.3 Å². The number of fused-ring (bicyclic) bond motifs is 5. The zero-order chi connectivity index (χ0) is 25.8. The molecule has 0 saturated heterocycles. The Bertz CT molecular complexity index is 1100. The first-order chi connectivity index (χ1) is 17.0. The summed E-state index contributed by atoms with van der Waals surface area (Å²) in [5.41, 5.74) is -0.0360. The molecule has 0 spiro atoms. The number of hydrogen-bond acceptors (Lipinski definition) is 5. The molecule has 4 saturated carbocycles. The van der Waals surface area contributed by atoms with Crippen LogP contribution < -0.4 is 5.32 Å². The fourth-order valence-electron chi connectivity index (χ4n) is 8.65. The van der Waals surface area contributed by atoms with Crippen molar-refractivity contribution >= 4 is 40.5 Å². The Kier molecular flexibility index (Phi) is 6.63. The molecule has 4 aliphatic carbocycles. The molecule has 1 N–H and O–H groups in total. The first kappa shape index (κ1) is 25.6. The number of halogens is 1. The number of nitrogens with one attached hydrogen (secondary N) is 1. The highest BCUT2D eigenvalue weighted by molar-refractivity contribution is 6.30. The molecule has 0 bridgehead atoms. The highest BCUT2D eigenvalue weighted by atomic mass is 35.5. The second-order valence-electron chi connectivity index (χ2n) is 12.4. The number of carbonyl (C=O) groups excluding carboxylic acids is 4. The van der Waals surface area contributed by atoms with Crippen LogP contribution in [0.4, 0.5) is 5.69 Å². The topological polar surface area (TPSA) is 93.2 Å². The zero-order valence-corrected chi connectivity index (χ0v) is 22.3. The van der Waals surface area contributed by atoms with E-state index in [2.05, 4.69) is 31.1 Å². The van der Waals surface area contributed by atoms with E-state index in [0.29, 0.717) is 55.0 Å². The molecule has 8 atom stereocenters. The number of amides is 1. The second kappa shape index (κ2) is 9.34. The van der Waals surface area contributed by atoms with E-state index in [-0.39, 0.29) is 58.4 Å². The number of nitrogens with zero attached hydrogens (tertiary/aromatic N) is 1. The van der Waals surface area contributed by atoms with Crippen molar-refractivity contribution in [3.63, 3.8) is 0 Å². The van der Waals surface area contributed by atoms with Gasteiger partial charge in [0.25, 0.3) is 0 Å². The molecule has 5 rings (SSSR count). The zero-order valence-electron chi connectivity index (χ0n) is 21.5. The van der Waals surface area contributed by atoms with Crippen molar-refractivity contribution in [2.24, 2.45) is 46.3 Å². The molecule has 36 heavy (non-hydrogen) atoms. The summed E-state index contributed by atoms with van der Waals surface area (Å²) in [6, 6.07) is 1.67. The maximum absolute atomic E-state index is 13.9. The average Bonchev–Trinajstić information content (AvgIpc) is 3.18. The van der Waals surface area contributed by atoms with E-state index in [1.165, 1.54) is 6.20 Å². The maximum atomic E-state index is 13.9. The summed E-state index contributed by atoms with van der Waals surface area (Å²) in [6.45, 7) is 6.50. The first-order valence-electron chi connectivity index (χ1n) is 13.5. The predicted octanol–water partition coefficient (Wildman–Crippen LogP) is 5.68. The number of hydrogen-bond donors (Lipinski definition) is 1. The Morgan fingerprint density at radius 1 is 1.14 bits per heavy atom. The lowest BCUT2D eigenvalue weighted by atomic mass is 9.44. The van der Waals surface area contributed by atoms with Gasteiger partial charge in [0, 0.05) is 49.6 Å². The Hall–Kier alpha value is -2.08. The lowest BCUT2D eigenvalue weighted by molar-refractivity contribution is -0.166. The van der Waals surface area contributed by atoms with Gasteiger partial charge in [-0.25, -0.2) is 0 Å². The van der Waals surface area contributed by atoms with Crippen LogP contribution in [0.1, 0.15) is 78.6 Å². The molecule has 1 amide bonds. The van der Waals surface area contributed by atoms with Crippen LogP contribution in [0.3, 0.4) is 0 Å². The summed E-state index contributed by atoms with van der Waals surface area (Å²) >= 11 is 5.96. The molecule has 7 heteroatoms. The van der Waals surface area contributed by atoms with Crippen molar-refractivity contribution in [2.75, 3.05) is 5.32 Å². The maximum Gasteiger partial charge on any atom is 0.224 e. The van der Waals surface area contributed by atoms with Gasteiger partial charge in [-0.1, -0.05) is 32.4 Å². The van der Waals surface area contributed by atoms with Crippen LogP contribution in [0.2, 0.25) is 5.02 Å². The number of pyridine rings is 1. The number of ketones is 3. The van der Waals surface area contributed by atoms with Crippen LogP contribution in [-0.2, 0) is 19.2 Å². The molecular weight excluding hydrogens is 476 g/mol. The van der Waals surface area contributed by atoms with E-state index in [1.54, 1.807) is 12.3 Å². The Labute approximate surface area is 218 Å². The second-order valence-corrected chi connectivity index (χ2v) is 12.8. The molecule has 4 aliphatic rings. The summed E-state index contributed by atoms with van der Waals surface area (Å²) in [6.07, 6.45) is 8.77. The van der Waals surface area contributed by atoms with Crippen LogP contribution in [0.15, 0.2) is 18.5 Å². The van der Waals surface area contributed by atoms with Gasteiger partial charge < -0.3 is 5.32 Å². The number of Topliss-reactive ketones (excluding diaryl/α,β-unsaturated/α-hetero) is 3. The molecule has 1 heterocycles. The lowest BCUT2D eigenvalue weighted by Crippen LogP contribution is -2.60. The van der Waals surface area contributed by atoms with Crippen molar-refractivity contribution in [1.29, 1.82) is 0 Å². The molecular formula is C29H37ClN2O4. The van der Waals surface area contributed by atoms with Gasteiger partial charge in [0.2, 0.25) is 5.91 Å². The van der Waals surface area contributed by atoms with Crippen LogP contribution in [0.25, 0.3) is 0 Å². The summed E-state index contributed by atoms with van der Waals surface area (Å²) in [5.74, 6) is 1.27. The van der Waals surface area contributed by atoms with Crippen LogP contribution >= 0.6 is 11.6 Å². The van der Waals surface area contributed by atoms with Crippen LogP contribution in [0, 0.1) is 46.3 Å². The Morgan fingerprint density at radius 2 is 1.92 bits per heavy atom. The van der Waals surface area contributed by atoms with Crippen molar-refractivity contribution < 1.29 is 19.2 Å². The average molecular weight is 513 g/mol. The fraction of sp³-hybridized carbons (Fsp3) is 0.690. The number of anilines is 1. The summed E-state index contributed by atoms with van der Waals surface area (Å²) < 4.78 is 0. The summed E-state index contributed by atoms with van der Waals surface area (Å²) in [4.78, 5) is 56.1. The molecule has 0 aliphatic heterocycles. The third kappa shape index (κ3) is 4.13. The minimum absolute atomic E-state index is 0.0635. The molecule has 6 nitrogen and oxygen atoms in total. The van der Waals surface area contributed by atoms with Gasteiger partial charge in [0.15, 0.2) is 0 Å². The van der Waals surface area contributed by atoms with Gasteiger partial charge in [-0.2, -0.15) is 0 Å². The Morgan fingerprint density at radius 3 is 2.67 bits per heavy atom. The third-order valence-corrected chi connectivity index (χ3v) is 10.9. The van der Waals surface area contributed by atoms with E-state index in [9.17, 15) is 19.2 Å². The van der Waals surface area contributed by atoms with Gasteiger partial charge in [0.1, 0.15) is 17.3 Å². The lowest BCUT2D eigenvalue weighted by Gasteiger charge is -2.58. The smallest absolute Gasteiger partial charge is 0.224 e. The molecule has 1 aromatic heterocycles. The highest BCUT2D eigenvalue weighted by Crippen LogP contribution is 2.66. The predicted molar refractivity (Wildman–Crippen MR) is 137 cm³/mol.